The van der Waals surface area contributed by atoms with E-state index in [1.807, 2.05) is 52.0 Å². The Morgan fingerprint density at radius 3 is 1.20 bits per heavy atom. The minimum absolute atomic E-state index is 0.320. The summed E-state index contributed by atoms with van der Waals surface area (Å²) >= 11 is 0. The van der Waals surface area contributed by atoms with Crippen LogP contribution in [0.4, 0.5) is 0 Å². The van der Waals surface area contributed by atoms with Gasteiger partial charge < -0.3 is 9.47 Å². The van der Waals surface area contributed by atoms with Gasteiger partial charge in [-0.05, 0) is 38.8 Å². The molecule has 0 unspecified atom stereocenters. The fraction of sp³-hybridized carbons (Fsp3) is 0.500. The minimum atomic E-state index is -0.685. The number of carbonyl (C=O) groups is 2. The molecule has 1 aromatic rings. The van der Waals surface area contributed by atoms with Crippen LogP contribution in [0.25, 0.3) is 0 Å². The van der Waals surface area contributed by atoms with Gasteiger partial charge in [0.2, 0.25) is 0 Å². The summed E-state index contributed by atoms with van der Waals surface area (Å²) in [5.74, 6) is -0.640. The maximum atomic E-state index is 11.1. The lowest BCUT2D eigenvalue weighted by atomic mass is 9.92. The summed E-state index contributed by atoms with van der Waals surface area (Å²) in [5, 5.41) is 0. The molecule has 0 radical (unpaired) electrons. The molecule has 0 aliphatic rings. The summed E-state index contributed by atoms with van der Waals surface area (Å²) in [6.45, 7) is 10.1. The molecule has 0 fully saturated rings. The molecule has 4 nitrogen and oxygen atoms in total. The first-order chi connectivity index (χ1) is 9.04. The van der Waals surface area contributed by atoms with Crippen molar-refractivity contribution in [1.82, 2.24) is 0 Å². The number of hydrogen-bond donors (Lipinski definition) is 0. The standard InChI is InChI=1S/C16H22O4/c1-11(17)19-15(3,4)13-7-9-14(10-8-13)16(5,6)20-12(2)18/h7-10H,1-6H3. The van der Waals surface area contributed by atoms with Crippen LogP contribution in [0.1, 0.15) is 52.7 Å². The van der Waals surface area contributed by atoms with Crippen LogP contribution in [-0.4, -0.2) is 11.9 Å². The highest BCUT2D eigenvalue weighted by molar-refractivity contribution is 5.67. The molecular weight excluding hydrogens is 256 g/mol. The summed E-state index contributed by atoms with van der Waals surface area (Å²) in [7, 11) is 0. The van der Waals surface area contributed by atoms with Gasteiger partial charge in [-0.3, -0.25) is 9.59 Å². The Kier molecular flexibility index (Phi) is 4.58. The molecule has 4 heteroatoms. The molecule has 0 spiro atoms. The molecule has 1 aromatic carbocycles. The van der Waals surface area contributed by atoms with Gasteiger partial charge in [-0.25, -0.2) is 0 Å². The predicted molar refractivity (Wildman–Crippen MR) is 76.0 cm³/mol. The molecule has 20 heavy (non-hydrogen) atoms. The second-order valence-corrected chi connectivity index (χ2v) is 5.79. The van der Waals surface area contributed by atoms with Crippen LogP contribution in [0.3, 0.4) is 0 Å². The summed E-state index contributed by atoms with van der Waals surface area (Å²) in [4.78, 5) is 22.2. The summed E-state index contributed by atoms with van der Waals surface area (Å²) in [6.07, 6.45) is 0. The third kappa shape index (κ3) is 4.08. The number of esters is 2. The first-order valence-electron chi connectivity index (χ1n) is 6.55. The van der Waals surface area contributed by atoms with Crippen molar-refractivity contribution in [2.24, 2.45) is 0 Å². The van der Waals surface area contributed by atoms with E-state index in [0.29, 0.717) is 0 Å². The zero-order valence-corrected chi connectivity index (χ0v) is 12.9. The van der Waals surface area contributed by atoms with Crippen LogP contribution in [0.2, 0.25) is 0 Å². The fourth-order valence-electron chi connectivity index (χ4n) is 2.11. The van der Waals surface area contributed by atoms with Crippen molar-refractivity contribution in [3.05, 3.63) is 35.4 Å². The molecule has 0 aliphatic carbocycles. The molecule has 110 valence electrons. The first-order valence-corrected chi connectivity index (χ1v) is 6.55. The highest BCUT2D eigenvalue weighted by Gasteiger charge is 2.27. The summed E-state index contributed by atoms with van der Waals surface area (Å²) in [5.41, 5.74) is 0.399. The van der Waals surface area contributed by atoms with E-state index in [-0.39, 0.29) is 11.9 Å². The first kappa shape index (κ1) is 16.2. The van der Waals surface area contributed by atoms with Gasteiger partial charge in [0, 0.05) is 13.8 Å². The zero-order chi connectivity index (χ0) is 15.6. The Morgan fingerprint density at radius 1 is 0.750 bits per heavy atom. The van der Waals surface area contributed by atoms with Gasteiger partial charge in [-0.1, -0.05) is 24.3 Å². The van der Waals surface area contributed by atoms with Crippen molar-refractivity contribution in [2.75, 3.05) is 0 Å². The lowest BCUT2D eigenvalue weighted by molar-refractivity contribution is -0.156. The maximum absolute atomic E-state index is 11.1. The normalized spacial score (nSPS) is 11.9. The lowest BCUT2D eigenvalue weighted by Gasteiger charge is -2.28. The van der Waals surface area contributed by atoms with E-state index in [1.54, 1.807) is 0 Å². The molecular formula is C16H22O4. The largest absolute Gasteiger partial charge is 0.455 e. The van der Waals surface area contributed by atoms with Gasteiger partial charge in [0.15, 0.2) is 0 Å². The van der Waals surface area contributed by atoms with E-state index in [9.17, 15) is 9.59 Å². The van der Waals surface area contributed by atoms with Crippen molar-refractivity contribution < 1.29 is 19.1 Å². The van der Waals surface area contributed by atoms with Crippen LogP contribution < -0.4 is 0 Å². The molecule has 1 rings (SSSR count). The predicted octanol–water partition coefficient (Wildman–Crippen LogP) is 3.28. The second kappa shape index (κ2) is 5.65. The number of carbonyl (C=O) groups excluding carboxylic acids is 2. The molecule has 0 aliphatic heterocycles. The SMILES string of the molecule is CC(=O)OC(C)(C)c1ccc(C(C)(C)OC(C)=O)cc1. The van der Waals surface area contributed by atoms with Crippen molar-refractivity contribution in [3.8, 4) is 0 Å². The van der Waals surface area contributed by atoms with Crippen LogP contribution >= 0.6 is 0 Å². The van der Waals surface area contributed by atoms with Gasteiger partial charge >= 0.3 is 11.9 Å². The molecule has 0 amide bonds. The smallest absolute Gasteiger partial charge is 0.303 e. The van der Waals surface area contributed by atoms with Crippen molar-refractivity contribution >= 4 is 11.9 Å². The molecule has 0 saturated carbocycles. The van der Waals surface area contributed by atoms with Crippen LogP contribution in [0.15, 0.2) is 24.3 Å². The van der Waals surface area contributed by atoms with E-state index in [4.69, 9.17) is 9.47 Å². The molecule has 0 saturated heterocycles. The maximum Gasteiger partial charge on any atom is 0.303 e. The van der Waals surface area contributed by atoms with Gasteiger partial charge in [0.05, 0.1) is 0 Å². The molecule has 0 atom stereocenters. The average Bonchev–Trinajstić information content (AvgIpc) is 2.25. The Morgan fingerprint density at radius 2 is 1.00 bits per heavy atom. The number of benzene rings is 1. The highest BCUT2D eigenvalue weighted by atomic mass is 16.6. The third-order valence-corrected chi connectivity index (χ3v) is 3.07. The van der Waals surface area contributed by atoms with Gasteiger partial charge in [-0.15, -0.1) is 0 Å². The van der Waals surface area contributed by atoms with E-state index < -0.39 is 11.2 Å². The number of hydrogen-bond acceptors (Lipinski definition) is 4. The summed E-state index contributed by atoms with van der Waals surface area (Å²) in [6, 6.07) is 7.51. The molecule has 0 heterocycles. The van der Waals surface area contributed by atoms with Crippen molar-refractivity contribution in [1.29, 1.82) is 0 Å². The van der Waals surface area contributed by atoms with Crippen LogP contribution in [-0.2, 0) is 30.3 Å². The number of rotatable bonds is 4. The summed E-state index contributed by atoms with van der Waals surface area (Å²) < 4.78 is 10.6. The lowest BCUT2D eigenvalue weighted by Crippen LogP contribution is -2.26. The van der Waals surface area contributed by atoms with Crippen molar-refractivity contribution in [2.45, 2.75) is 52.7 Å². The Labute approximate surface area is 120 Å². The zero-order valence-electron chi connectivity index (χ0n) is 12.9. The van der Waals surface area contributed by atoms with Gasteiger partial charge in [0.25, 0.3) is 0 Å². The van der Waals surface area contributed by atoms with E-state index >= 15 is 0 Å². The van der Waals surface area contributed by atoms with E-state index in [0.717, 1.165) is 11.1 Å². The topological polar surface area (TPSA) is 52.6 Å². The number of ether oxygens (including phenoxy) is 2. The quantitative estimate of drug-likeness (QED) is 0.793. The van der Waals surface area contributed by atoms with E-state index in [2.05, 4.69) is 0 Å². The third-order valence-electron chi connectivity index (χ3n) is 3.07. The van der Waals surface area contributed by atoms with Crippen molar-refractivity contribution in [3.63, 3.8) is 0 Å². The second-order valence-electron chi connectivity index (χ2n) is 5.79. The molecule has 0 bridgehead atoms. The van der Waals surface area contributed by atoms with Gasteiger partial charge in [-0.2, -0.15) is 0 Å². The van der Waals surface area contributed by atoms with Gasteiger partial charge in [0.1, 0.15) is 11.2 Å². The fourth-order valence-corrected chi connectivity index (χ4v) is 2.11. The molecule has 0 N–H and O–H groups in total. The highest BCUT2D eigenvalue weighted by Crippen LogP contribution is 2.29. The Balaban J connectivity index is 2.99. The van der Waals surface area contributed by atoms with Crippen LogP contribution in [0, 0.1) is 0 Å². The van der Waals surface area contributed by atoms with E-state index in [1.165, 1.54) is 13.8 Å². The van der Waals surface area contributed by atoms with Crippen LogP contribution in [0.5, 0.6) is 0 Å². The Hall–Kier alpha value is -1.84. The Bertz CT molecular complexity index is 451. The monoisotopic (exact) mass is 278 g/mol. The molecule has 0 aromatic heterocycles. The minimum Gasteiger partial charge on any atom is -0.455 e. The average molecular weight is 278 g/mol.